The van der Waals surface area contributed by atoms with Crippen LogP contribution >= 0.6 is 27.3 Å². The molecular weight excluding hydrogens is 500 g/mol. The van der Waals surface area contributed by atoms with E-state index in [1.165, 1.54) is 23.5 Å². The van der Waals surface area contributed by atoms with E-state index in [2.05, 4.69) is 15.9 Å². The number of benzene rings is 2. The molecule has 2 heterocycles. The summed E-state index contributed by atoms with van der Waals surface area (Å²) in [6.07, 6.45) is -0.201. The minimum atomic E-state index is -4.03. The van der Waals surface area contributed by atoms with Gasteiger partial charge < -0.3 is 0 Å². The van der Waals surface area contributed by atoms with Gasteiger partial charge in [-0.2, -0.15) is 4.31 Å². The van der Waals surface area contributed by atoms with Crippen molar-refractivity contribution in [2.45, 2.75) is 30.8 Å². The molecule has 6 nitrogen and oxygen atoms in total. The molecule has 1 aliphatic rings. The summed E-state index contributed by atoms with van der Waals surface area (Å²) in [5.74, 6) is -0.952. The average Bonchev–Trinajstić information content (AvgIpc) is 3.35. The molecule has 4 rings (SSSR count). The Morgan fingerprint density at radius 2 is 1.74 bits per heavy atom. The minimum absolute atomic E-state index is 0.0154. The molecule has 160 valence electrons. The van der Waals surface area contributed by atoms with Gasteiger partial charge >= 0.3 is 0 Å². The Morgan fingerprint density at radius 1 is 1.06 bits per heavy atom. The lowest BCUT2D eigenvalue weighted by Crippen LogP contribution is -2.44. The van der Waals surface area contributed by atoms with Gasteiger partial charge in [0.15, 0.2) is 0 Å². The molecule has 0 N–H and O–H groups in total. The number of carbonyl (C=O) groups excluding carboxylic acids is 2. The number of halogens is 1. The van der Waals surface area contributed by atoms with E-state index in [9.17, 15) is 18.0 Å². The summed E-state index contributed by atoms with van der Waals surface area (Å²) in [5, 5.41) is 1.85. The van der Waals surface area contributed by atoms with Crippen molar-refractivity contribution in [1.82, 2.24) is 4.31 Å². The molecule has 31 heavy (non-hydrogen) atoms. The Balaban J connectivity index is 1.73. The molecule has 1 saturated heterocycles. The first kappa shape index (κ1) is 21.9. The fourth-order valence-electron chi connectivity index (χ4n) is 3.47. The predicted molar refractivity (Wildman–Crippen MR) is 123 cm³/mol. The zero-order valence-corrected chi connectivity index (χ0v) is 19.8. The number of amides is 2. The van der Waals surface area contributed by atoms with E-state index in [4.69, 9.17) is 0 Å². The number of aryl methyl sites for hydroxylation is 1. The molecule has 0 aliphatic carbocycles. The molecule has 1 unspecified atom stereocenters. The number of anilines is 1. The number of hydrogen-bond acceptors (Lipinski definition) is 5. The summed E-state index contributed by atoms with van der Waals surface area (Å²) in [6.45, 7) is 1.93. The van der Waals surface area contributed by atoms with E-state index in [-0.39, 0.29) is 17.9 Å². The molecule has 2 amide bonds. The summed E-state index contributed by atoms with van der Waals surface area (Å²) < 4.78 is 29.0. The summed E-state index contributed by atoms with van der Waals surface area (Å²) in [7, 11) is -4.03. The van der Waals surface area contributed by atoms with Gasteiger partial charge in [-0.05, 0) is 54.8 Å². The van der Waals surface area contributed by atoms with E-state index < -0.39 is 27.9 Å². The maximum atomic E-state index is 13.5. The molecule has 0 bridgehead atoms. The maximum absolute atomic E-state index is 13.5. The van der Waals surface area contributed by atoms with E-state index in [1.807, 2.05) is 36.6 Å². The van der Waals surface area contributed by atoms with Gasteiger partial charge in [0.05, 0.1) is 17.0 Å². The third-order valence-corrected chi connectivity index (χ3v) is 8.33. The van der Waals surface area contributed by atoms with Gasteiger partial charge in [-0.15, -0.1) is 11.3 Å². The number of rotatable bonds is 6. The highest BCUT2D eigenvalue weighted by Crippen LogP contribution is 2.31. The monoisotopic (exact) mass is 518 g/mol. The van der Waals surface area contributed by atoms with Crippen LogP contribution in [0.1, 0.15) is 16.9 Å². The van der Waals surface area contributed by atoms with Crippen LogP contribution in [0.5, 0.6) is 0 Å². The number of sulfonamides is 1. The quantitative estimate of drug-likeness (QED) is 0.454. The summed E-state index contributed by atoms with van der Waals surface area (Å²) >= 11 is 4.71. The van der Waals surface area contributed by atoms with Crippen LogP contribution in [0.3, 0.4) is 0 Å². The summed E-state index contributed by atoms with van der Waals surface area (Å²) in [5.41, 5.74) is 1.44. The van der Waals surface area contributed by atoms with Crippen molar-refractivity contribution >= 4 is 54.8 Å². The van der Waals surface area contributed by atoms with Gasteiger partial charge in [-0.1, -0.05) is 39.7 Å². The van der Waals surface area contributed by atoms with Crippen LogP contribution in [0.2, 0.25) is 0 Å². The largest absolute Gasteiger partial charge is 0.274 e. The molecule has 3 aromatic rings. The molecule has 9 heteroatoms. The topological polar surface area (TPSA) is 74.8 Å². The van der Waals surface area contributed by atoms with Crippen LogP contribution in [0.25, 0.3) is 0 Å². The fourth-order valence-corrected chi connectivity index (χ4v) is 6.08. The fraction of sp³-hybridized carbons (Fsp3) is 0.182. The highest BCUT2D eigenvalue weighted by molar-refractivity contribution is 9.10. The lowest BCUT2D eigenvalue weighted by Gasteiger charge is -2.26. The van der Waals surface area contributed by atoms with Gasteiger partial charge in [0.1, 0.15) is 6.04 Å². The normalized spacial score (nSPS) is 17.0. The first-order chi connectivity index (χ1) is 14.8. The average molecular weight is 519 g/mol. The zero-order valence-electron chi connectivity index (χ0n) is 16.6. The number of carbonyl (C=O) groups is 2. The lowest BCUT2D eigenvalue weighted by atomic mass is 10.2. The zero-order chi connectivity index (χ0) is 22.2. The Morgan fingerprint density at radius 3 is 2.35 bits per heavy atom. The first-order valence-electron chi connectivity index (χ1n) is 9.50. The van der Waals surface area contributed by atoms with Crippen molar-refractivity contribution in [2.24, 2.45) is 0 Å². The van der Waals surface area contributed by atoms with Crippen molar-refractivity contribution in [2.75, 3.05) is 4.90 Å². The standard InChI is InChI=1S/C22H19BrN2O4S2/c1-15-4-8-17(9-5-15)25-21(26)13-20(22(25)27)24(14-18-3-2-12-30-18)31(28,29)19-10-6-16(23)7-11-19/h2-12,20H,13-14H2,1H3. The number of imide groups is 1. The van der Waals surface area contributed by atoms with Gasteiger partial charge in [-0.25, -0.2) is 13.3 Å². The van der Waals surface area contributed by atoms with Crippen molar-refractivity contribution in [3.05, 3.63) is 81.0 Å². The van der Waals surface area contributed by atoms with Gasteiger partial charge in [0, 0.05) is 15.9 Å². The number of nitrogens with zero attached hydrogens (tertiary/aromatic N) is 2. The molecule has 0 radical (unpaired) electrons. The van der Waals surface area contributed by atoms with E-state index in [0.29, 0.717) is 5.69 Å². The molecule has 0 saturated carbocycles. The van der Waals surface area contributed by atoms with Gasteiger partial charge in [0.25, 0.3) is 5.91 Å². The SMILES string of the molecule is Cc1ccc(N2C(=O)CC(N(Cc3cccs3)S(=O)(=O)c3ccc(Br)cc3)C2=O)cc1. The third-order valence-electron chi connectivity index (χ3n) is 5.07. The minimum Gasteiger partial charge on any atom is -0.274 e. The number of hydrogen-bond donors (Lipinski definition) is 0. The second-order valence-corrected chi connectivity index (χ2v) is 11.0. The molecule has 1 atom stereocenters. The third kappa shape index (κ3) is 4.36. The lowest BCUT2D eigenvalue weighted by molar-refractivity contribution is -0.122. The Bertz CT molecular complexity index is 1210. The van der Waals surface area contributed by atoms with Crippen LogP contribution in [-0.2, 0) is 26.2 Å². The highest BCUT2D eigenvalue weighted by Gasteiger charge is 2.47. The Kier molecular flexibility index (Phi) is 6.11. The molecule has 1 aliphatic heterocycles. The van der Waals surface area contributed by atoms with Crippen LogP contribution in [-0.4, -0.2) is 30.6 Å². The molecular formula is C22H19BrN2O4S2. The maximum Gasteiger partial charge on any atom is 0.252 e. The summed E-state index contributed by atoms with van der Waals surface area (Å²) in [6, 6.07) is 15.8. The van der Waals surface area contributed by atoms with Crippen molar-refractivity contribution in [3.8, 4) is 0 Å². The van der Waals surface area contributed by atoms with Crippen LogP contribution < -0.4 is 4.90 Å². The van der Waals surface area contributed by atoms with E-state index in [0.717, 1.165) is 24.1 Å². The first-order valence-corrected chi connectivity index (χ1v) is 12.6. The highest BCUT2D eigenvalue weighted by atomic mass is 79.9. The molecule has 1 aromatic heterocycles. The number of thiophene rings is 1. The predicted octanol–water partition coefficient (Wildman–Crippen LogP) is 4.34. The molecule has 1 fully saturated rings. The second kappa shape index (κ2) is 8.66. The van der Waals surface area contributed by atoms with Gasteiger partial charge in [-0.3, -0.25) is 9.59 Å². The Hall–Kier alpha value is -2.33. The van der Waals surface area contributed by atoms with Crippen LogP contribution in [0.15, 0.2) is 75.4 Å². The summed E-state index contributed by atoms with van der Waals surface area (Å²) in [4.78, 5) is 28.0. The van der Waals surface area contributed by atoms with Crippen molar-refractivity contribution in [3.63, 3.8) is 0 Å². The van der Waals surface area contributed by atoms with E-state index >= 15 is 0 Å². The van der Waals surface area contributed by atoms with Crippen molar-refractivity contribution < 1.29 is 18.0 Å². The van der Waals surface area contributed by atoms with Crippen molar-refractivity contribution in [1.29, 1.82) is 0 Å². The van der Waals surface area contributed by atoms with Gasteiger partial charge in [0.2, 0.25) is 15.9 Å². The van der Waals surface area contributed by atoms with E-state index in [1.54, 1.807) is 24.3 Å². The molecule has 2 aromatic carbocycles. The second-order valence-electron chi connectivity index (χ2n) is 7.21. The van der Waals surface area contributed by atoms with Crippen LogP contribution in [0.4, 0.5) is 5.69 Å². The smallest absolute Gasteiger partial charge is 0.252 e. The van der Waals surface area contributed by atoms with Crippen LogP contribution in [0, 0.1) is 6.92 Å². The molecule has 0 spiro atoms. The Labute approximate surface area is 193 Å².